The maximum Gasteiger partial charge on any atom is 0.143 e. The average molecular weight is 244 g/mol. The maximum atomic E-state index is 4.46. The third-order valence-electron chi connectivity index (χ3n) is 3.95. The van der Waals surface area contributed by atoms with E-state index in [1.54, 1.807) is 6.33 Å². The summed E-state index contributed by atoms with van der Waals surface area (Å²) in [6.45, 7) is 7.60. The van der Waals surface area contributed by atoms with Gasteiger partial charge in [-0.3, -0.25) is 0 Å². The number of aryl methyl sites for hydroxylation is 2. The Morgan fingerprint density at radius 1 is 1.28 bits per heavy atom. The Hall–Kier alpha value is -1.42. The molecule has 1 aliphatic heterocycles. The van der Waals surface area contributed by atoms with Gasteiger partial charge in [-0.1, -0.05) is 0 Å². The molecule has 0 unspecified atom stereocenters. The quantitative estimate of drug-likeness (QED) is 0.879. The summed E-state index contributed by atoms with van der Waals surface area (Å²) < 4.78 is 2.31. The van der Waals surface area contributed by atoms with Crippen molar-refractivity contribution in [3.63, 3.8) is 0 Å². The largest absolute Gasteiger partial charge is 0.332 e. The summed E-state index contributed by atoms with van der Waals surface area (Å²) in [5.41, 5.74) is 3.47. The van der Waals surface area contributed by atoms with Crippen molar-refractivity contribution in [2.75, 3.05) is 13.1 Å². The van der Waals surface area contributed by atoms with Crippen molar-refractivity contribution in [2.24, 2.45) is 5.92 Å². The zero-order valence-electron chi connectivity index (χ0n) is 11.1. The van der Waals surface area contributed by atoms with Crippen LogP contribution in [0, 0.1) is 19.8 Å². The number of nitrogens with one attached hydrogen (secondary N) is 1. The van der Waals surface area contributed by atoms with Gasteiger partial charge in [0.1, 0.15) is 12.0 Å². The van der Waals surface area contributed by atoms with Crippen LogP contribution in [0.25, 0.3) is 11.0 Å². The minimum Gasteiger partial charge on any atom is -0.332 e. The molecule has 3 rings (SSSR count). The Balaban J connectivity index is 1.94. The molecule has 0 spiro atoms. The van der Waals surface area contributed by atoms with Crippen molar-refractivity contribution in [1.82, 2.24) is 19.9 Å². The van der Waals surface area contributed by atoms with Crippen LogP contribution >= 0.6 is 0 Å². The first-order chi connectivity index (χ1) is 8.75. The Labute approximate surface area is 107 Å². The van der Waals surface area contributed by atoms with Gasteiger partial charge in [-0.2, -0.15) is 0 Å². The SMILES string of the molecule is Cc1cn(CC2CCNCC2)c2ncnc(C)c12. The Bertz CT molecular complexity index is 552. The van der Waals surface area contributed by atoms with Gasteiger partial charge in [-0.25, -0.2) is 9.97 Å². The lowest BCUT2D eigenvalue weighted by molar-refractivity contribution is 0.336. The molecule has 1 fully saturated rings. The van der Waals surface area contributed by atoms with Crippen molar-refractivity contribution < 1.29 is 0 Å². The van der Waals surface area contributed by atoms with E-state index in [1.165, 1.54) is 23.8 Å². The van der Waals surface area contributed by atoms with E-state index in [0.717, 1.165) is 36.9 Å². The Morgan fingerprint density at radius 2 is 2.06 bits per heavy atom. The molecule has 2 aromatic heterocycles. The van der Waals surface area contributed by atoms with E-state index in [4.69, 9.17) is 0 Å². The second-order valence-electron chi connectivity index (χ2n) is 5.32. The minimum atomic E-state index is 0.775. The van der Waals surface area contributed by atoms with Gasteiger partial charge in [-0.15, -0.1) is 0 Å². The van der Waals surface area contributed by atoms with Gasteiger partial charge in [-0.05, 0) is 51.3 Å². The third-order valence-corrected chi connectivity index (χ3v) is 3.95. The maximum absolute atomic E-state index is 4.46. The normalized spacial score (nSPS) is 17.4. The lowest BCUT2D eigenvalue weighted by Gasteiger charge is -2.23. The van der Waals surface area contributed by atoms with Gasteiger partial charge in [0.05, 0.1) is 5.69 Å². The monoisotopic (exact) mass is 244 g/mol. The molecule has 4 nitrogen and oxygen atoms in total. The van der Waals surface area contributed by atoms with Crippen LogP contribution in [0.2, 0.25) is 0 Å². The van der Waals surface area contributed by atoms with Gasteiger partial charge < -0.3 is 9.88 Å². The molecule has 1 saturated heterocycles. The molecule has 0 amide bonds. The molecule has 2 aromatic rings. The van der Waals surface area contributed by atoms with E-state index in [9.17, 15) is 0 Å². The zero-order chi connectivity index (χ0) is 12.5. The second kappa shape index (κ2) is 4.69. The highest BCUT2D eigenvalue weighted by Crippen LogP contribution is 2.23. The molecule has 1 N–H and O–H groups in total. The Morgan fingerprint density at radius 3 is 2.83 bits per heavy atom. The number of aromatic nitrogens is 3. The summed E-state index contributed by atoms with van der Waals surface area (Å²) >= 11 is 0. The summed E-state index contributed by atoms with van der Waals surface area (Å²) in [6, 6.07) is 0. The first-order valence-corrected chi connectivity index (χ1v) is 6.73. The molecule has 0 aliphatic carbocycles. The smallest absolute Gasteiger partial charge is 0.143 e. The van der Waals surface area contributed by atoms with E-state index in [-0.39, 0.29) is 0 Å². The van der Waals surface area contributed by atoms with Crippen LogP contribution in [0.15, 0.2) is 12.5 Å². The van der Waals surface area contributed by atoms with Crippen LogP contribution in [0.5, 0.6) is 0 Å². The van der Waals surface area contributed by atoms with Gasteiger partial charge >= 0.3 is 0 Å². The van der Waals surface area contributed by atoms with Crippen molar-refractivity contribution in [1.29, 1.82) is 0 Å². The summed E-state index contributed by atoms with van der Waals surface area (Å²) in [5, 5.41) is 4.65. The van der Waals surface area contributed by atoms with Crippen molar-refractivity contribution in [3.05, 3.63) is 23.8 Å². The molecule has 0 saturated carbocycles. The molecule has 96 valence electrons. The van der Waals surface area contributed by atoms with Crippen LogP contribution in [0.4, 0.5) is 0 Å². The number of hydrogen-bond donors (Lipinski definition) is 1. The second-order valence-corrected chi connectivity index (χ2v) is 5.32. The highest BCUT2D eigenvalue weighted by Gasteiger charge is 2.16. The molecule has 4 heteroatoms. The van der Waals surface area contributed by atoms with Crippen LogP contribution in [-0.4, -0.2) is 27.6 Å². The fourth-order valence-electron chi connectivity index (χ4n) is 2.98. The predicted octanol–water partition coefficient (Wildman–Crippen LogP) is 2.05. The molecule has 0 radical (unpaired) electrons. The van der Waals surface area contributed by atoms with E-state index in [1.807, 2.05) is 0 Å². The number of nitrogens with zero attached hydrogens (tertiary/aromatic N) is 3. The Kier molecular flexibility index (Phi) is 3.04. The fourth-order valence-corrected chi connectivity index (χ4v) is 2.98. The van der Waals surface area contributed by atoms with E-state index < -0.39 is 0 Å². The summed E-state index contributed by atoms with van der Waals surface area (Å²) in [4.78, 5) is 8.76. The zero-order valence-corrected chi connectivity index (χ0v) is 11.1. The number of rotatable bonds is 2. The van der Waals surface area contributed by atoms with E-state index >= 15 is 0 Å². The van der Waals surface area contributed by atoms with Crippen molar-refractivity contribution in [3.8, 4) is 0 Å². The highest BCUT2D eigenvalue weighted by atomic mass is 15.1. The third kappa shape index (κ3) is 2.01. The predicted molar refractivity (Wildman–Crippen MR) is 72.6 cm³/mol. The van der Waals surface area contributed by atoms with Crippen LogP contribution in [0.1, 0.15) is 24.1 Å². The molecule has 0 bridgehead atoms. The molecule has 3 heterocycles. The summed E-state index contributed by atoms with van der Waals surface area (Å²) in [7, 11) is 0. The van der Waals surface area contributed by atoms with Crippen molar-refractivity contribution >= 4 is 11.0 Å². The minimum absolute atomic E-state index is 0.775. The average Bonchev–Trinajstić information content (AvgIpc) is 2.69. The number of piperidine rings is 1. The molecule has 0 atom stereocenters. The summed E-state index contributed by atoms with van der Waals surface area (Å²) in [6.07, 6.45) is 6.44. The number of fused-ring (bicyclic) bond motifs is 1. The summed E-state index contributed by atoms with van der Waals surface area (Å²) in [5.74, 6) is 0.775. The lowest BCUT2D eigenvalue weighted by Crippen LogP contribution is -2.29. The van der Waals surface area contributed by atoms with E-state index in [0.29, 0.717) is 0 Å². The number of hydrogen-bond acceptors (Lipinski definition) is 3. The van der Waals surface area contributed by atoms with Gasteiger partial charge in [0.25, 0.3) is 0 Å². The molecule has 0 aromatic carbocycles. The highest BCUT2D eigenvalue weighted by molar-refractivity contribution is 5.82. The topological polar surface area (TPSA) is 42.7 Å². The van der Waals surface area contributed by atoms with Crippen molar-refractivity contribution in [2.45, 2.75) is 33.2 Å². The van der Waals surface area contributed by atoms with Crippen LogP contribution < -0.4 is 5.32 Å². The fraction of sp³-hybridized carbons (Fsp3) is 0.571. The first-order valence-electron chi connectivity index (χ1n) is 6.73. The van der Waals surface area contributed by atoms with Gasteiger partial charge in [0.15, 0.2) is 0 Å². The van der Waals surface area contributed by atoms with Crippen LogP contribution in [-0.2, 0) is 6.54 Å². The standard InChI is InChI=1S/C14H20N4/c1-10-7-18(8-12-3-5-15-6-4-12)14-13(10)11(2)16-9-17-14/h7,9,12,15H,3-6,8H2,1-2H3. The van der Waals surface area contributed by atoms with Gasteiger partial charge in [0.2, 0.25) is 0 Å². The van der Waals surface area contributed by atoms with Crippen LogP contribution in [0.3, 0.4) is 0 Å². The molecule has 18 heavy (non-hydrogen) atoms. The lowest BCUT2D eigenvalue weighted by atomic mass is 9.98. The molecular formula is C14H20N4. The molecule has 1 aliphatic rings. The van der Waals surface area contributed by atoms with E-state index in [2.05, 4.69) is 39.9 Å². The van der Waals surface area contributed by atoms with Gasteiger partial charge in [0, 0.05) is 18.1 Å². The molecular weight excluding hydrogens is 224 g/mol. The first kappa shape index (κ1) is 11.7.